The molecule has 0 aliphatic carbocycles. The van der Waals surface area contributed by atoms with Crippen LogP contribution >= 0.6 is 0 Å². The molecule has 5 heterocycles. The standard InChI is InChI=1S/C26H35N5O2/c1-16-13-28-25-20(16)12-24(29-25)18-10-17-5-8-31(26(32)30-9-6-19(14-30)33-2)15-22(17)21(11-18)23-4-3-7-27-23/h10-11,13,19,23-24,27-29H,3-9,12,14-15H2,1-2H3/t19-,23+,24?/m1/s1. The summed E-state index contributed by atoms with van der Waals surface area (Å²) in [7, 11) is 1.74. The molecule has 33 heavy (non-hydrogen) atoms. The molecule has 6 rings (SSSR count). The number of carbonyl (C=O) groups excluding carboxylic acids is 1. The quantitative estimate of drug-likeness (QED) is 0.669. The summed E-state index contributed by atoms with van der Waals surface area (Å²) in [5.41, 5.74) is 8.32. The number of urea groups is 1. The molecule has 2 amide bonds. The van der Waals surface area contributed by atoms with Crippen molar-refractivity contribution < 1.29 is 9.53 Å². The summed E-state index contributed by atoms with van der Waals surface area (Å²) < 4.78 is 5.48. The monoisotopic (exact) mass is 449 g/mol. The van der Waals surface area contributed by atoms with Crippen molar-refractivity contribution >= 4 is 11.8 Å². The molecule has 0 saturated carbocycles. The third-order valence-electron chi connectivity index (χ3n) is 8.19. The number of rotatable bonds is 3. The van der Waals surface area contributed by atoms with Gasteiger partial charge in [-0.2, -0.15) is 0 Å². The van der Waals surface area contributed by atoms with Gasteiger partial charge in [-0.15, -0.1) is 0 Å². The van der Waals surface area contributed by atoms with Crippen LogP contribution in [0.1, 0.15) is 64.7 Å². The predicted octanol–water partition coefficient (Wildman–Crippen LogP) is 3.66. The molecule has 1 aromatic heterocycles. The maximum atomic E-state index is 13.3. The average molecular weight is 450 g/mol. The molecule has 176 valence electrons. The van der Waals surface area contributed by atoms with Gasteiger partial charge in [0, 0.05) is 51.9 Å². The van der Waals surface area contributed by atoms with E-state index in [2.05, 4.69) is 45.8 Å². The first-order valence-electron chi connectivity index (χ1n) is 12.5. The Kier molecular flexibility index (Phi) is 5.34. The van der Waals surface area contributed by atoms with E-state index in [-0.39, 0.29) is 12.1 Å². The number of hydrogen-bond acceptors (Lipinski definition) is 4. The smallest absolute Gasteiger partial charge is 0.320 e. The van der Waals surface area contributed by atoms with Crippen molar-refractivity contribution in [1.29, 1.82) is 0 Å². The van der Waals surface area contributed by atoms with Crippen LogP contribution in [0.5, 0.6) is 0 Å². The van der Waals surface area contributed by atoms with E-state index in [1.54, 1.807) is 7.11 Å². The number of amides is 2. The van der Waals surface area contributed by atoms with Crippen molar-refractivity contribution in [3.63, 3.8) is 0 Å². The van der Waals surface area contributed by atoms with Gasteiger partial charge in [-0.25, -0.2) is 4.79 Å². The Hall–Kier alpha value is -2.51. The number of likely N-dealkylation sites (tertiary alicyclic amines) is 1. The molecule has 1 unspecified atom stereocenters. The van der Waals surface area contributed by atoms with Gasteiger partial charge in [-0.3, -0.25) is 0 Å². The van der Waals surface area contributed by atoms with Crippen LogP contribution in [-0.4, -0.2) is 60.2 Å². The first-order chi connectivity index (χ1) is 16.1. The fraction of sp³-hybridized carbons (Fsp3) is 0.577. The van der Waals surface area contributed by atoms with Crippen LogP contribution in [0.2, 0.25) is 0 Å². The number of benzene rings is 1. The summed E-state index contributed by atoms with van der Waals surface area (Å²) in [5, 5.41) is 7.43. The third kappa shape index (κ3) is 3.71. The van der Waals surface area contributed by atoms with Crippen molar-refractivity contribution in [2.45, 2.75) is 63.8 Å². The molecule has 7 heteroatoms. The lowest BCUT2D eigenvalue weighted by Crippen LogP contribution is -2.45. The number of aromatic amines is 1. The minimum Gasteiger partial charge on any atom is -0.380 e. The lowest BCUT2D eigenvalue weighted by atomic mass is 9.86. The highest BCUT2D eigenvalue weighted by Gasteiger charge is 2.34. The Bertz CT molecular complexity index is 1060. The number of carbonyl (C=O) groups is 1. The van der Waals surface area contributed by atoms with Crippen molar-refractivity contribution in [3.05, 3.63) is 51.7 Å². The van der Waals surface area contributed by atoms with Gasteiger partial charge in [-0.1, -0.05) is 12.1 Å². The van der Waals surface area contributed by atoms with Gasteiger partial charge in [0.25, 0.3) is 0 Å². The van der Waals surface area contributed by atoms with Gasteiger partial charge in [0.1, 0.15) is 5.82 Å². The summed E-state index contributed by atoms with van der Waals surface area (Å²) in [6.45, 7) is 6.26. The second kappa shape index (κ2) is 8.37. The fourth-order valence-electron chi connectivity index (χ4n) is 6.22. The number of nitrogens with zero attached hydrogens (tertiary/aromatic N) is 2. The molecule has 2 aromatic rings. The molecular formula is C26H35N5O2. The molecule has 0 radical (unpaired) electrons. The number of fused-ring (bicyclic) bond motifs is 2. The first kappa shape index (κ1) is 21.1. The van der Waals surface area contributed by atoms with E-state index >= 15 is 0 Å². The largest absolute Gasteiger partial charge is 0.380 e. The topological polar surface area (TPSA) is 72.6 Å². The van der Waals surface area contributed by atoms with Gasteiger partial charge in [0.05, 0.1) is 12.1 Å². The number of H-pyrrole nitrogens is 1. The van der Waals surface area contributed by atoms with Crippen LogP contribution in [0, 0.1) is 6.92 Å². The number of aromatic nitrogens is 1. The maximum Gasteiger partial charge on any atom is 0.320 e. The van der Waals surface area contributed by atoms with Gasteiger partial charge in [-0.05, 0) is 72.5 Å². The number of methoxy groups -OCH3 is 1. The van der Waals surface area contributed by atoms with Crippen LogP contribution in [0.15, 0.2) is 18.3 Å². The minimum absolute atomic E-state index is 0.168. The molecule has 0 bridgehead atoms. The SMILES string of the molecule is CO[C@@H]1CCN(C(=O)N2CCc3cc(C4Cc5c(C)c[nH]c5N4)cc([C@@H]4CCCN4)c3C2)C1. The van der Waals surface area contributed by atoms with Crippen molar-refractivity contribution in [2.24, 2.45) is 0 Å². The van der Waals surface area contributed by atoms with E-state index in [0.29, 0.717) is 25.2 Å². The number of aryl methyl sites for hydroxylation is 1. The van der Waals surface area contributed by atoms with E-state index in [1.807, 2.05) is 4.90 Å². The number of ether oxygens (including phenoxy) is 1. The molecule has 2 saturated heterocycles. The van der Waals surface area contributed by atoms with Crippen molar-refractivity contribution in [1.82, 2.24) is 20.1 Å². The molecule has 0 spiro atoms. The van der Waals surface area contributed by atoms with E-state index in [0.717, 1.165) is 38.9 Å². The van der Waals surface area contributed by atoms with Gasteiger partial charge in [0.2, 0.25) is 0 Å². The second-order valence-electron chi connectivity index (χ2n) is 10.2. The Morgan fingerprint density at radius 1 is 1.12 bits per heavy atom. The summed E-state index contributed by atoms with van der Waals surface area (Å²) in [6.07, 6.45) is 7.53. The van der Waals surface area contributed by atoms with Crippen LogP contribution < -0.4 is 10.6 Å². The summed E-state index contributed by atoms with van der Waals surface area (Å²) in [5.74, 6) is 1.17. The molecule has 4 aliphatic rings. The Labute approximate surface area is 195 Å². The van der Waals surface area contributed by atoms with Crippen molar-refractivity contribution in [2.75, 3.05) is 38.6 Å². The average Bonchev–Trinajstić information content (AvgIpc) is 3.64. The highest BCUT2D eigenvalue weighted by atomic mass is 16.5. The van der Waals surface area contributed by atoms with Gasteiger partial charge >= 0.3 is 6.03 Å². The normalized spacial score (nSPS) is 26.4. The van der Waals surface area contributed by atoms with E-state index in [9.17, 15) is 4.79 Å². The molecule has 3 N–H and O–H groups in total. The summed E-state index contributed by atoms with van der Waals surface area (Å²) in [4.78, 5) is 20.7. The first-order valence-corrected chi connectivity index (χ1v) is 12.5. The summed E-state index contributed by atoms with van der Waals surface area (Å²) >= 11 is 0. The van der Waals surface area contributed by atoms with E-state index in [4.69, 9.17) is 4.74 Å². The van der Waals surface area contributed by atoms with Crippen molar-refractivity contribution in [3.8, 4) is 0 Å². The van der Waals surface area contributed by atoms with Crippen LogP contribution in [0.3, 0.4) is 0 Å². The Morgan fingerprint density at radius 2 is 2.03 bits per heavy atom. The lowest BCUT2D eigenvalue weighted by Gasteiger charge is -2.35. The summed E-state index contributed by atoms with van der Waals surface area (Å²) in [6, 6.07) is 5.70. The number of nitrogens with one attached hydrogen (secondary N) is 3. The van der Waals surface area contributed by atoms with Crippen LogP contribution in [-0.2, 0) is 24.1 Å². The molecule has 1 aromatic carbocycles. The second-order valence-corrected chi connectivity index (χ2v) is 10.2. The fourth-order valence-corrected chi connectivity index (χ4v) is 6.22. The maximum absolute atomic E-state index is 13.3. The highest BCUT2D eigenvalue weighted by Crippen LogP contribution is 2.39. The Balaban J connectivity index is 1.28. The number of hydrogen-bond donors (Lipinski definition) is 3. The number of anilines is 1. The van der Waals surface area contributed by atoms with Crippen LogP contribution in [0.25, 0.3) is 0 Å². The van der Waals surface area contributed by atoms with Crippen LogP contribution in [0.4, 0.5) is 10.6 Å². The minimum atomic E-state index is 0.168. The molecular weight excluding hydrogens is 414 g/mol. The zero-order valence-corrected chi connectivity index (χ0v) is 19.7. The molecule has 3 atom stereocenters. The zero-order valence-electron chi connectivity index (χ0n) is 19.7. The third-order valence-corrected chi connectivity index (χ3v) is 8.19. The Morgan fingerprint density at radius 3 is 2.79 bits per heavy atom. The van der Waals surface area contributed by atoms with Gasteiger partial charge < -0.3 is 30.2 Å². The predicted molar refractivity (Wildman–Crippen MR) is 129 cm³/mol. The van der Waals surface area contributed by atoms with Gasteiger partial charge in [0.15, 0.2) is 0 Å². The highest BCUT2D eigenvalue weighted by molar-refractivity contribution is 5.75. The van der Waals surface area contributed by atoms with E-state index in [1.165, 1.54) is 52.0 Å². The molecule has 7 nitrogen and oxygen atoms in total. The zero-order chi connectivity index (χ0) is 22.5. The van der Waals surface area contributed by atoms with E-state index < -0.39 is 0 Å². The molecule has 4 aliphatic heterocycles. The molecule has 2 fully saturated rings. The lowest BCUT2D eigenvalue weighted by molar-refractivity contribution is 0.104.